The van der Waals surface area contributed by atoms with E-state index in [1.165, 1.54) is 25.5 Å². The third kappa shape index (κ3) is 3.48. The third-order valence-electron chi connectivity index (χ3n) is 3.75. The number of hydrogen-bond acceptors (Lipinski definition) is 4. The Morgan fingerprint density at radius 2 is 1.89 bits per heavy atom. The Kier molecular flexibility index (Phi) is 4.47. The molecule has 0 aliphatic carbocycles. The minimum absolute atomic E-state index is 0.367. The molecule has 5 heteroatoms. The molecule has 0 saturated carbocycles. The zero-order valence-electron chi connectivity index (χ0n) is 11.4. The Hall–Kier alpha value is -1.07. The van der Waals surface area contributed by atoms with Gasteiger partial charge in [-0.25, -0.2) is 8.42 Å². The first kappa shape index (κ1) is 14.3. The Morgan fingerprint density at radius 1 is 1.21 bits per heavy atom. The summed E-state index contributed by atoms with van der Waals surface area (Å²) < 4.78 is 22.9. The molecule has 1 fully saturated rings. The molecule has 19 heavy (non-hydrogen) atoms. The highest BCUT2D eigenvalue weighted by atomic mass is 32.2. The molecular weight excluding hydrogens is 260 g/mol. The van der Waals surface area contributed by atoms with Crippen LogP contribution in [0.1, 0.15) is 25.7 Å². The summed E-state index contributed by atoms with van der Waals surface area (Å²) in [6.45, 7) is 1.65. The quantitative estimate of drug-likeness (QED) is 0.918. The van der Waals surface area contributed by atoms with Crippen LogP contribution in [0.3, 0.4) is 0 Å². The first-order valence-electron chi connectivity index (χ1n) is 6.79. The zero-order chi connectivity index (χ0) is 13.9. The van der Waals surface area contributed by atoms with Gasteiger partial charge in [0.2, 0.25) is 0 Å². The number of nitrogens with two attached hydrogens (primary N) is 1. The highest BCUT2D eigenvalue weighted by Gasteiger charge is 2.20. The van der Waals surface area contributed by atoms with E-state index in [1.807, 2.05) is 12.1 Å². The van der Waals surface area contributed by atoms with Crippen LogP contribution in [-0.2, 0) is 9.84 Å². The molecule has 1 aromatic carbocycles. The largest absolute Gasteiger partial charge is 0.367 e. The van der Waals surface area contributed by atoms with Gasteiger partial charge >= 0.3 is 0 Å². The lowest BCUT2D eigenvalue weighted by molar-refractivity contribution is 0.580. The van der Waals surface area contributed by atoms with Gasteiger partial charge in [-0.1, -0.05) is 12.8 Å². The summed E-state index contributed by atoms with van der Waals surface area (Å²) in [4.78, 5) is 2.69. The lowest BCUT2D eigenvalue weighted by atomic mass is 10.1. The predicted octanol–water partition coefficient (Wildman–Crippen LogP) is 1.80. The summed E-state index contributed by atoms with van der Waals surface area (Å²) >= 11 is 0. The molecule has 1 atom stereocenters. The van der Waals surface area contributed by atoms with Crippen molar-refractivity contribution in [3.8, 4) is 0 Å². The van der Waals surface area contributed by atoms with Crippen molar-refractivity contribution in [1.82, 2.24) is 0 Å². The van der Waals surface area contributed by atoms with Gasteiger partial charge in [-0.15, -0.1) is 0 Å². The smallest absolute Gasteiger partial charge is 0.175 e. The van der Waals surface area contributed by atoms with Gasteiger partial charge in [0.1, 0.15) is 0 Å². The van der Waals surface area contributed by atoms with Gasteiger partial charge in [0.15, 0.2) is 9.84 Å². The molecule has 1 heterocycles. The van der Waals surface area contributed by atoms with Gasteiger partial charge in [-0.3, -0.25) is 0 Å². The summed E-state index contributed by atoms with van der Waals surface area (Å²) in [5, 5.41) is 0. The van der Waals surface area contributed by atoms with Gasteiger partial charge in [-0.05, 0) is 37.1 Å². The van der Waals surface area contributed by atoms with Crippen molar-refractivity contribution in [2.75, 3.05) is 24.2 Å². The Bertz CT molecular complexity index is 511. The average Bonchev–Trinajstić information content (AvgIpc) is 2.62. The Morgan fingerprint density at radius 3 is 2.47 bits per heavy atom. The van der Waals surface area contributed by atoms with Crippen molar-refractivity contribution in [3.63, 3.8) is 0 Å². The van der Waals surface area contributed by atoms with Gasteiger partial charge in [0.25, 0.3) is 0 Å². The zero-order valence-corrected chi connectivity index (χ0v) is 12.2. The minimum atomic E-state index is -3.12. The van der Waals surface area contributed by atoms with Crippen molar-refractivity contribution in [2.45, 2.75) is 36.6 Å². The van der Waals surface area contributed by atoms with Crippen LogP contribution in [-0.4, -0.2) is 33.8 Å². The maximum Gasteiger partial charge on any atom is 0.175 e. The van der Waals surface area contributed by atoms with Crippen LogP contribution in [0.5, 0.6) is 0 Å². The summed E-state index contributed by atoms with van der Waals surface area (Å²) in [6.07, 6.45) is 5.99. The lowest BCUT2D eigenvalue weighted by Crippen LogP contribution is -2.40. The van der Waals surface area contributed by atoms with E-state index in [1.54, 1.807) is 12.1 Å². The molecule has 0 amide bonds. The molecule has 1 aliphatic heterocycles. The summed E-state index contributed by atoms with van der Waals surface area (Å²) in [5.74, 6) is 0. The summed E-state index contributed by atoms with van der Waals surface area (Å²) in [5.41, 5.74) is 6.94. The summed E-state index contributed by atoms with van der Waals surface area (Å²) in [6, 6.07) is 7.52. The van der Waals surface area contributed by atoms with Crippen LogP contribution in [0.15, 0.2) is 29.2 Å². The van der Waals surface area contributed by atoms with Crippen molar-refractivity contribution in [1.29, 1.82) is 0 Å². The van der Waals surface area contributed by atoms with Crippen molar-refractivity contribution >= 4 is 15.5 Å². The fraction of sp³-hybridized carbons (Fsp3) is 0.571. The number of rotatable bonds is 3. The molecule has 0 spiro atoms. The first-order valence-corrected chi connectivity index (χ1v) is 8.68. The summed E-state index contributed by atoms with van der Waals surface area (Å²) in [7, 11) is -3.12. The molecule has 1 unspecified atom stereocenters. The molecule has 0 radical (unpaired) electrons. The highest BCUT2D eigenvalue weighted by Crippen LogP contribution is 2.25. The van der Waals surface area contributed by atoms with Gasteiger partial charge in [0.05, 0.1) is 4.90 Å². The van der Waals surface area contributed by atoms with E-state index in [9.17, 15) is 8.42 Å². The fourth-order valence-electron chi connectivity index (χ4n) is 2.65. The second-order valence-corrected chi connectivity index (χ2v) is 7.21. The Balaban J connectivity index is 2.24. The molecule has 1 saturated heterocycles. The number of hydrogen-bond donors (Lipinski definition) is 1. The van der Waals surface area contributed by atoms with Gasteiger partial charge in [-0.2, -0.15) is 0 Å². The average molecular weight is 282 g/mol. The molecule has 2 N–H and O–H groups in total. The van der Waals surface area contributed by atoms with Crippen LogP contribution in [0.4, 0.5) is 5.69 Å². The van der Waals surface area contributed by atoms with Crippen molar-refractivity contribution in [2.24, 2.45) is 5.73 Å². The lowest BCUT2D eigenvalue weighted by Gasteiger charge is -2.31. The van der Waals surface area contributed by atoms with E-state index in [0.717, 1.165) is 18.7 Å². The van der Waals surface area contributed by atoms with E-state index in [4.69, 9.17) is 5.73 Å². The standard InChI is InChI=1S/C14H22N2O2S/c1-19(17,18)14-8-6-12(7-9-14)16-10-4-2-3-5-13(16)11-15/h6-9,13H,2-5,10-11,15H2,1H3. The molecule has 1 aromatic rings. The Labute approximate surface area is 115 Å². The van der Waals surface area contributed by atoms with Crippen LogP contribution in [0.2, 0.25) is 0 Å². The molecule has 106 valence electrons. The van der Waals surface area contributed by atoms with Crippen molar-refractivity contribution < 1.29 is 8.42 Å². The van der Waals surface area contributed by atoms with Crippen LogP contribution >= 0.6 is 0 Å². The third-order valence-corrected chi connectivity index (χ3v) is 4.87. The second-order valence-electron chi connectivity index (χ2n) is 5.20. The second kappa shape index (κ2) is 5.92. The van der Waals surface area contributed by atoms with Crippen LogP contribution in [0, 0.1) is 0 Å². The van der Waals surface area contributed by atoms with Crippen molar-refractivity contribution in [3.05, 3.63) is 24.3 Å². The SMILES string of the molecule is CS(=O)(=O)c1ccc(N2CCCCCC2CN)cc1. The highest BCUT2D eigenvalue weighted by molar-refractivity contribution is 7.90. The van der Waals surface area contributed by atoms with Gasteiger partial charge in [0, 0.05) is 31.1 Å². The molecule has 0 bridgehead atoms. The number of anilines is 1. The normalized spacial score (nSPS) is 21.2. The van der Waals surface area contributed by atoms with E-state index >= 15 is 0 Å². The number of nitrogens with zero attached hydrogens (tertiary/aromatic N) is 1. The molecular formula is C14H22N2O2S. The fourth-order valence-corrected chi connectivity index (χ4v) is 3.28. The number of benzene rings is 1. The van der Waals surface area contributed by atoms with Gasteiger partial charge < -0.3 is 10.6 Å². The van der Waals surface area contributed by atoms with Crippen LogP contribution < -0.4 is 10.6 Å². The first-order chi connectivity index (χ1) is 9.02. The molecule has 0 aromatic heterocycles. The topological polar surface area (TPSA) is 63.4 Å². The maximum absolute atomic E-state index is 11.5. The molecule has 2 rings (SSSR count). The van der Waals surface area contributed by atoms with E-state index in [2.05, 4.69) is 4.90 Å². The molecule has 1 aliphatic rings. The number of sulfone groups is 1. The van der Waals surface area contributed by atoms with E-state index in [0.29, 0.717) is 17.5 Å². The van der Waals surface area contributed by atoms with Crippen LogP contribution in [0.25, 0.3) is 0 Å². The monoisotopic (exact) mass is 282 g/mol. The minimum Gasteiger partial charge on any atom is -0.367 e. The maximum atomic E-state index is 11.5. The predicted molar refractivity (Wildman–Crippen MR) is 78.2 cm³/mol. The molecule has 4 nitrogen and oxygen atoms in total. The van der Waals surface area contributed by atoms with E-state index < -0.39 is 9.84 Å². The van der Waals surface area contributed by atoms with E-state index in [-0.39, 0.29) is 0 Å².